The minimum absolute atomic E-state index is 0.00644. The van der Waals surface area contributed by atoms with Gasteiger partial charge in [-0.15, -0.1) is 0 Å². The van der Waals surface area contributed by atoms with Crippen LogP contribution < -0.4 is 10.6 Å². The zero-order valence-electron chi connectivity index (χ0n) is 14.5. The van der Waals surface area contributed by atoms with E-state index >= 15 is 0 Å². The van der Waals surface area contributed by atoms with Crippen LogP contribution in [0.25, 0.3) is 21.3 Å². The Morgan fingerprint density at radius 1 is 1.33 bits per heavy atom. The van der Waals surface area contributed by atoms with Crippen molar-refractivity contribution in [3.05, 3.63) is 41.5 Å². The molecule has 0 bridgehead atoms. The van der Waals surface area contributed by atoms with E-state index in [0.717, 1.165) is 38.2 Å². The summed E-state index contributed by atoms with van der Waals surface area (Å²) in [6.45, 7) is 2.03. The van der Waals surface area contributed by atoms with Crippen molar-refractivity contribution < 1.29 is 14.0 Å². The highest BCUT2D eigenvalue weighted by atomic mass is 32.1. The molecule has 3 aromatic rings. The van der Waals surface area contributed by atoms with Gasteiger partial charge in [-0.3, -0.25) is 9.59 Å². The largest absolute Gasteiger partial charge is 0.326 e. The normalized spacial score (nSPS) is 20.4. The summed E-state index contributed by atoms with van der Waals surface area (Å²) in [7, 11) is 0. The second-order valence-electron chi connectivity index (χ2n) is 7.06. The predicted molar refractivity (Wildman–Crippen MR) is 104 cm³/mol. The molecule has 0 radical (unpaired) electrons. The number of nitrogens with zero attached hydrogens (tertiary/aromatic N) is 1. The van der Waals surface area contributed by atoms with Crippen molar-refractivity contribution in [2.24, 2.45) is 5.92 Å². The molecule has 1 aromatic heterocycles. The van der Waals surface area contributed by atoms with Gasteiger partial charge in [-0.05, 0) is 53.8 Å². The Balaban J connectivity index is 1.52. The molecule has 0 unspecified atom stereocenters. The molecule has 2 heterocycles. The van der Waals surface area contributed by atoms with Crippen LogP contribution >= 0.6 is 11.3 Å². The number of anilines is 2. The van der Waals surface area contributed by atoms with Crippen molar-refractivity contribution in [1.82, 2.24) is 4.98 Å². The fraction of sp³-hybridized carbons (Fsp3) is 0.250. The first-order valence-electron chi connectivity index (χ1n) is 8.78. The predicted octanol–water partition coefficient (Wildman–Crippen LogP) is 4.06. The van der Waals surface area contributed by atoms with Gasteiger partial charge in [0.1, 0.15) is 6.17 Å². The summed E-state index contributed by atoms with van der Waals surface area (Å²) >= 11 is 1.37. The highest BCUT2D eigenvalue weighted by Crippen LogP contribution is 2.39. The molecule has 2 N–H and O–H groups in total. The summed E-state index contributed by atoms with van der Waals surface area (Å²) in [6.07, 6.45) is -0.350. The van der Waals surface area contributed by atoms with Crippen LogP contribution in [0.2, 0.25) is 0 Å². The molecule has 5 nitrogen and oxygen atoms in total. The highest BCUT2D eigenvalue weighted by molar-refractivity contribution is 7.22. The van der Waals surface area contributed by atoms with Gasteiger partial charge < -0.3 is 10.6 Å². The van der Waals surface area contributed by atoms with E-state index in [0.29, 0.717) is 18.0 Å². The average Bonchev–Trinajstić information content (AvgIpc) is 3.05. The molecule has 0 saturated heterocycles. The lowest BCUT2D eigenvalue weighted by Crippen LogP contribution is -2.14. The molecule has 0 spiro atoms. The standard InChI is InChI=1S/C20H16FN3O2S/c1-9-2-4-14-12(8-17(25)22-14)18(9)10-3-5-15-16(6-10)27-20(23-15)24-19(26)11-7-13(11)21/h2-6,11,13H,7-8H2,1H3,(H,22,25)(H,23,24,26)/t11-,13+/m1/s1. The number of carbonyl (C=O) groups is 2. The second kappa shape index (κ2) is 5.85. The number of benzene rings is 2. The summed E-state index contributed by atoms with van der Waals surface area (Å²) in [6, 6.07) is 9.87. The van der Waals surface area contributed by atoms with Crippen LogP contribution in [0.3, 0.4) is 0 Å². The van der Waals surface area contributed by atoms with Crippen molar-refractivity contribution in [1.29, 1.82) is 0 Å². The number of aryl methyl sites for hydroxylation is 1. The molecule has 136 valence electrons. The van der Waals surface area contributed by atoms with Gasteiger partial charge in [0, 0.05) is 5.69 Å². The number of hydrogen-bond donors (Lipinski definition) is 2. The van der Waals surface area contributed by atoms with Crippen molar-refractivity contribution in [3.8, 4) is 11.1 Å². The lowest BCUT2D eigenvalue weighted by atomic mass is 9.93. The monoisotopic (exact) mass is 381 g/mol. The summed E-state index contributed by atoms with van der Waals surface area (Å²) in [5.41, 5.74) is 5.84. The van der Waals surface area contributed by atoms with Crippen molar-refractivity contribution >= 4 is 44.2 Å². The van der Waals surface area contributed by atoms with Crippen LogP contribution in [0.5, 0.6) is 0 Å². The van der Waals surface area contributed by atoms with E-state index in [-0.39, 0.29) is 11.8 Å². The molecule has 2 aromatic carbocycles. The molecular formula is C20H16FN3O2S. The zero-order valence-corrected chi connectivity index (χ0v) is 15.3. The van der Waals surface area contributed by atoms with Gasteiger partial charge in [-0.2, -0.15) is 0 Å². The number of nitrogens with one attached hydrogen (secondary N) is 2. The van der Waals surface area contributed by atoms with Crippen molar-refractivity contribution in [3.63, 3.8) is 0 Å². The Hall–Kier alpha value is -2.80. The fourth-order valence-corrected chi connectivity index (χ4v) is 4.50. The quantitative estimate of drug-likeness (QED) is 0.719. The van der Waals surface area contributed by atoms with E-state index in [1.165, 1.54) is 11.3 Å². The number of fused-ring (bicyclic) bond motifs is 2. The van der Waals surface area contributed by atoms with Gasteiger partial charge >= 0.3 is 0 Å². The van der Waals surface area contributed by atoms with Crippen LogP contribution in [0.1, 0.15) is 17.5 Å². The topological polar surface area (TPSA) is 71.1 Å². The van der Waals surface area contributed by atoms with Gasteiger partial charge in [0.2, 0.25) is 11.8 Å². The van der Waals surface area contributed by atoms with E-state index in [2.05, 4.69) is 15.6 Å². The first-order valence-corrected chi connectivity index (χ1v) is 9.59. The van der Waals surface area contributed by atoms with E-state index in [4.69, 9.17) is 0 Å². The summed E-state index contributed by atoms with van der Waals surface area (Å²) in [5, 5.41) is 6.09. The molecule has 7 heteroatoms. The molecule has 2 atom stereocenters. The number of hydrogen-bond acceptors (Lipinski definition) is 4. The van der Waals surface area contributed by atoms with Gasteiger partial charge in [-0.25, -0.2) is 9.37 Å². The molecule has 1 saturated carbocycles. The lowest BCUT2D eigenvalue weighted by molar-refractivity contribution is -0.117. The average molecular weight is 381 g/mol. The summed E-state index contributed by atoms with van der Waals surface area (Å²) < 4.78 is 14.0. The number of carbonyl (C=O) groups excluding carboxylic acids is 2. The third-order valence-corrected chi connectivity index (χ3v) is 6.02. The van der Waals surface area contributed by atoms with Crippen LogP contribution in [0.4, 0.5) is 15.2 Å². The zero-order chi connectivity index (χ0) is 18.7. The molecule has 2 aliphatic rings. The van der Waals surface area contributed by atoms with Crippen LogP contribution in [-0.4, -0.2) is 23.0 Å². The van der Waals surface area contributed by atoms with Crippen LogP contribution in [-0.2, 0) is 16.0 Å². The first kappa shape index (κ1) is 16.4. The van der Waals surface area contributed by atoms with Crippen LogP contribution in [0, 0.1) is 12.8 Å². The first-order chi connectivity index (χ1) is 13.0. The van der Waals surface area contributed by atoms with Crippen molar-refractivity contribution in [2.45, 2.75) is 25.9 Å². The third-order valence-electron chi connectivity index (χ3n) is 5.09. The number of aromatic nitrogens is 1. The van der Waals surface area contributed by atoms with Gasteiger partial charge in [-0.1, -0.05) is 23.5 Å². The maximum absolute atomic E-state index is 13.0. The maximum Gasteiger partial charge on any atom is 0.232 e. The molecule has 27 heavy (non-hydrogen) atoms. The minimum atomic E-state index is -1.02. The Bertz CT molecular complexity index is 1120. The maximum atomic E-state index is 13.0. The summed E-state index contributed by atoms with van der Waals surface area (Å²) in [5.74, 6) is -0.831. The van der Waals surface area contributed by atoms with E-state index in [1.54, 1.807) is 0 Å². The second-order valence-corrected chi connectivity index (χ2v) is 8.09. The van der Waals surface area contributed by atoms with E-state index < -0.39 is 12.1 Å². The fourth-order valence-electron chi connectivity index (χ4n) is 3.59. The molecule has 1 aliphatic carbocycles. The lowest BCUT2D eigenvalue weighted by Gasteiger charge is -2.11. The number of rotatable bonds is 3. The number of amides is 2. The number of alkyl halides is 1. The Morgan fingerprint density at radius 2 is 2.15 bits per heavy atom. The molecule has 1 fully saturated rings. The molecule has 5 rings (SSSR count). The van der Waals surface area contributed by atoms with Gasteiger partial charge in [0.15, 0.2) is 5.13 Å². The van der Waals surface area contributed by atoms with Crippen LogP contribution in [0.15, 0.2) is 30.3 Å². The Kier molecular flexibility index (Phi) is 3.55. The molecule has 2 amide bonds. The Labute approximate surface area is 158 Å². The highest BCUT2D eigenvalue weighted by Gasteiger charge is 2.43. The SMILES string of the molecule is Cc1ccc2c(c1-c1ccc3nc(NC(=O)[C@@H]4C[C@@H]4F)sc3c1)CC(=O)N2. The van der Waals surface area contributed by atoms with Gasteiger partial charge in [0.05, 0.1) is 22.6 Å². The number of thiazole rings is 1. The van der Waals surface area contributed by atoms with Crippen molar-refractivity contribution in [2.75, 3.05) is 10.6 Å². The van der Waals surface area contributed by atoms with Gasteiger partial charge in [0.25, 0.3) is 0 Å². The van der Waals surface area contributed by atoms with E-state index in [1.807, 2.05) is 37.3 Å². The third kappa shape index (κ3) is 2.78. The van der Waals surface area contributed by atoms with E-state index in [9.17, 15) is 14.0 Å². The molecule has 1 aliphatic heterocycles. The Morgan fingerprint density at radius 3 is 2.93 bits per heavy atom. The smallest absolute Gasteiger partial charge is 0.232 e. The summed E-state index contributed by atoms with van der Waals surface area (Å²) in [4.78, 5) is 28.2. The minimum Gasteiger partial charge on any atom is -0.326 e. The number of halogens is 1. The molecular weight excluding hydrogens is 365 g/mol.